The highest BCUT2D eigenvalue weighted by atomic mass is 15.3. The Morgan fingerprint density at radius 2 is 2.14 bits per heavy atom. The van der Waals surface area contributed by atoms with E-state index in [2.05, 4.69) is 42.7 Å². The van der Waals surface area contributed by atoms with E-state index in [0.717, 1.165) is 13.1 Å². The molecule has 3 nitrogen and oxygen atoms in total. The SMILES string of the molecule is C=C(C)CNCC1CN(C)CCN1C. The van der Waals surface area contributed by atoms with Crippen LogP contribution in [0.5, 0.6) is 0 Å². The van der Waals surface area contributed by atoms with Crippen LogP contribution in [0.2, 0.25) is 0 Å². The zero-order chi connectivity index (χ0) is 10.6. The highest BCUT2D eigenvalue weighted by Gasteiger charge is 2.21. The Balaban J connectivity index is 2.24. The minimum atomic E-state index is 0.646. The molecule has 0 aromatic heterocycles. The van der Waals surface area contributed by atoms with Gasteiger partial charge in [0, 0.05) is 38.8 Å². The Labute approximate surface area is 87.8 Å². The molecule has 1 N–H and O–H groups in total. The number of nitrogens with one attached hydrogen (secondary N) is 1. The lowest BCUT2D eigenvalue weighted by molar-refractivity contribution is 0.114. The van der Waals surface area contributed by atoms with Gasteiger partial charge in [0.2, 0.25) is 0 Å². The smallest absolute Gasteiger partial charge is 0.0345 e. The zero-order valence-electron chi connectivity index (χ0n) is 9.71. The molecule has 1 rings (SSSR count). The van der Waals surface area contributed by atoms with Gasteiger partial charge in [0.1, 0.15) is 0 Å². The lowest BCUT2D eigenvalue weighted by Crippen LogP contribution is -2.53. The molecule has 1 saturated heterocycles. The first kappa shape index (κ1) is 11.7. The summed E-state index contributed by atoms with van der Waals surface area (Å²) < 4.78 is 0. The average Bonchev–Trinajstić information content (AvgIpc) is 2.10. The van der Waals surface area contributed by atoms with Gasteiger partial charge in [0.15, 0.2) is 0 Å². The highest BCUT2D eigenvalue weighted by Crippen LogP contribution is 2.04. The van der Waals surface area contributed by atoms with Crippen molar-refractivity contribution in [2.75, 3.05) is 46.8 Å². The average molecular weight is 197 g/mol. The van der Waals surface area contributed by atoms with E-state index in [1.807, 2.05) is 0 Å². The molecular formula is C11H23N3. The van der Waals surface area contributed by atoms with Crippen molar-refractivity contribution in [2.45, 2.75) is 13.0 Å². The third-order valence-electron chi connectivity index (χ3n) is 2.79. The third kappa shape index (κ3) is 3.78. The van der Waals surface area contributed by atoms with Crippen LogP contribution in [0, 0.1) is 0 Å². The number of hydrogen-bond donors (Lipinski definition) is 1. The van der Waals surface area contributed by atoms with Gasteiger partial charge < -0.3 is 10.2 Å². The fourth-order valence-electron chi connectivity index (χ4n) is 1.77. The molecule has 1 aliphatic rings. The fraction of sp³-hybridized carbons (Fsp3) is 0.818. The summed E-state index contributed by atoms with van der Waals surface area (Å²) in [6, 6.07) is 0.646. The Hall–Kier alpha value is -0.380. The Kier molecular flexibility index (Phi) is 4.58. The molecule has 0 radical (unpaired) electrons. The normalized spacial score (nSPS) is 25.2. The van der Waals surface area contributed by atoms with Gasteiger partial charge >= 0.3 is 0 Å². The first-order valence-electron chi connectivity index (χ1n) is 5.33. The minimum Gasteiger partial charge on any atom is -0.311 e. The topological polar surface area (TPSA) is 18.5 Å². The van der Waals surface area contributed by atoms with E-state index in [-0.39, 0.29) is 0 Å². The van der Waals surface area contributed by atoms with Gasteiger partial charge in [-0.25, -0.2) is 0 Å². The van der Waals surface area contributed by atoms with E-state index < -0.39 is 0 Å². The van der Waals surface area contributed by atoms with Crippen LogP contribution >= 0.6 is 0 Å². The standard InChI is InChI=1S/C11H23N3/c1-10(2)7-12-8-11-9-13(3)5-6-14(11)4/h11-12H,1,5-9H2,2-4H3. The minimum absolute atomic E-state index is 0.646. The van der Waals surface area contributed by atoms with E-state index in [9.17, 15) is 0 Å². The highest BCUT2D eigenvalue weighted by molar-refractivity contribution is 4.91. The molecule has 0 amide bonds. The summed E-state index contributed by atoms with van der Waals surface area (Å²) in [5, 5.41) is 3.44. The summed E-state index contributed by atoms with van der Waals surface area (Å²) in [6.45, 7) is 11.5. The van der Waals surface area contributed by atoms with Gasteiger partial charge in [-0.05, 0) is 21.0 Å². The Morgan fingerprint density at radius 1 is 1.43 bits per heavy atom. The van der Waals surface area contributed by atoms with E-state index in [1.54, 1.807) is 0 Å². The number of likely N-dealkylation sites (N-methyl/N-ethyl adjacent to an activating group) is 2. The van der Waals surface area contributed by atoms with Crippen LogP contribution in [0.15, 0.2) is 12.2 Å². The molecule has 1 unspecified atom stereocenters. The van der Waals surface area contributed by atoms with Crippen molar-refractivity contribution in [2.24, 2.45) is 0 Å². The summed E-state index contributed by atoms with van der Waals surface area (Å²) in [5.74, 6) is 0. The van der Waals surface area contributed by atoms with Crippen molar-refractivity contribution in [1.82, 2.24) is 15.1 Å². The van der Waals surface area contributed by atoms with Crippen molar-refractivity contribution in [3.8, 4) is 0 Å². The summed E-state index contributed by atoms with van der Waals surface area (Å²) >= 11 is 0. The molecule has 0 aromatic carbocycles. The predicted octanol–water partition coefficient (Wildman–Crippen LogP) is 0.398. The monoisotopic (exact) mass is 197 g/mol. The Morgan fingerprint density at radius 3 is 2.79 bits per heavy atom. The quantitative estimate of drug-likeness (QED) is 0.658. The summed E-state index contributed by atoms with van der Waals surface area (Å²) in [4.78, 5) is 4.83. The molecule has 3 heteroatoms. The second-order valence-corrected chi connectivity index (χ2v) is 4.48. The third-order valence-corrected chi connectivity index (χ3v) is 2.79. The van der Waals surface area contributed by atoms with Crippen LogP contribution in [0.1, 0.15) is 6.92 Å². The van der Waals surface area contributed by atoms with Crippen LogP contribution in [0.3, 0.4) is 0 Å². The van der Waals surface area contributed by atoms with Crippen LogP contribution in [-0.4, -0.2) is 62.7 Å². The molecule has 14 heavy (non-hydrogen) atoms. The zero-order valence-corrected chi connectivity index (χ0v) is 9.71. The van der Waals surface area contributed by atoms with Gasteiger partial charge in [-0.3, -0.25) is 4.90 Å². The maximum atomic E-state index is 3.89. The van der Waals surface area contributed by atoms with Gasteiger partial charge in [-0.1, -0.05) is 12.2 Å². The molecule has 82 valence electrons. The van der Waals surface area contributed by atoms with Crippen LogP contribution in [-0.2, 0) is 0 Å². The maximum Gasteiger partial charge on any atom is 0.0345 e. The Bertz CT molecular complexity index is 191. The van der Waals surface area contributed by atoms with Crippen molar-refractivity contribution in [3.63, 3.8) is 0 Å². The lowest BCUT2D eigenvalue weighted by atomic mass is 10.2. The first-order chi connectivity index (χ1) is 6.59. The number of hydrogen-bond acceptors (Lipinski definition) is 3. The molecular weight excluding hydrogens is 174 g/mol. The number of rotatable bonds is 4. The summed E-state index contributed by atoms with van der Waals surface area (Å²) in [7, 11) is 4.40. The van der Waals surface area contributed by atoms with Crippen molar-refractivity contribution < 1.29 is 0 Å². The van der Waals surface area contributed by atoms with E-state index in [4.69, 9.17) is 0 Å². The van der Waals surface area contributed by atoms with Crippen molar-refractivity contribution in [1.29, 1.82) is 0 Å². The number of nitrogens with zero attached hydrogens (tertiary/aromatic N) is 2. The maximum absolute atomic E-state index is 3.89. The van der Waals surface area contributed by atoms with Crippen LogP contribution < -0.4 is 5.32 Å². The molecule has 0 aliphatic carbocycles. The molecule has 1 aliphatic heterocycles. The molecule has 0 saturated carbocycles. The van der Waals surface area contributed by atoms with Crippen LogP contribution in [0.4, 0.5) is 0 Å². The number of piperazine rings is 1. The van der Waals surface area contributed by atoms with E-state index in [1.165, 1.54) is 25.2 Å². The predicted molar refractivity (Wildman–Crippen MR) is 61.6 cm³/mol. The summed E-state index contributed by atoms with van der Waals surface area (Å²) in [6.07, 6.45) is 0. The molecule has 0 bridgehead atoms. The first-order valence-corrected chi connectivity index (χ1v) is 5.33. The fourth-order valence-corrected chi connectivity index (χ4v) is 1.77. The van der Waals surface area contributed by atoms with Crippen molar-refractivity contribution >= 4 is 0 Å². The van der Waals surface area contributed by atoms with Gasteiger partial charge in [-0.15, -0.1) is 0 Å². The lowest BCUT2D eigenvalue weighted by Gasteiger charge is -2.37. The van der Waals surface area contributed by atoms with Crippen molar-refractivity contribution in [3.05, 3.63) is 12.2 Å². The van der Waals surface area contributed by atoms with Crippen LogP contribution in [0.25, 0.3) is 0 Å². The molecule has 1 fully saturated rings. The second kappa shape index (κ2) is 5.49. The largest absolute Gasteiger partial charge is 0.311 e. The van der Waals surface area contributed by atoms with E-state index >= 15 is 0 Å². The molecule has 0 aromatic rings. The van der Waals surface area contributed by atoms with E-state index in [0.29, 0.717) is 6.04 Å². The molecule has 1 heterocycles. The summed E-state index contributed by atoms with van der Waals surface area (Å²) in [5.41, 5.74) is 1.21. The molecule has 1 atom stereocenters. The van der Waals surface area contributed by atoms with Gasteiger partial charge in [-0.2, -0.15) is 0 Å². The van der Waals surface area contributed by atoms with Gasteiger partial charge in [0.25, 0.3) is 0 Å². The van der Waals surface area contributed by atoms with Gasteiger partial charge in [0.05, 0.1) is 0 Å². The molecule has 0 spiro atoms. The second-order valence-electron chi connectivity index (χ2n) is 4.48.